The number of nitrogens with zero attached hydrogens (tertiary/aromatic N) is 1. The molecule has 0 aromatic carbocycles. The highest BCUT2D eigenvalue weighted by atomic mass is 19.3. The fourth-order valence-corrected chi connectivity index (χ4v) is 2.00. The Hall–Kier alpha value is -0.990. The van der Waals surface area contributed by atoms with Crippen LogP contribution >= 0.6 is 0 Å². The van der Waals surface area contributed by atoms with Crippen LogP contribution in [0.15, 0.2) is 18.5 Å². The zero-order valence-electron chi connectivity index (χ0n) is 10.3. The first-order chi connectivity index (χ1) is 7.35. The predicted octanol–water partition coefficient (Wildman–Crippen LogP) is 4.27. The molecule has 0 aliphatic heterocycles. The van der Waals surface area contributed by atoms with Crippen LogP contribution in [0, 0.1) is 0 Å². The first-order valence-electron chi connectivity index (χ1n) is 5.68. The second-order valence-corrected chi connectivity index (χ2v) is 4.89. The molecular formula is C13H19F2N. The summed E-state index contributed by atoms with van der Waals surface area (Å²) >= 11 is 0. The molecule has 0 saturated heterocycles. The lowest BCUT2D eigenvalue weighted by Gasteiger charge is -2.17. The Morgan fingerprint density at radius 3 is 2.31 bits per heavy atom. The highest BCUT2D eigenvalue weighted by molar-refractivity contribution is 5.39. The predicted molar refractivity (Wildman–Crippen MR) is 61.7 cm³/mol. The zero-order chi connectivity index (χ0) is 12.4. The summed E-state index contributed by atoms with van der Waals surface area (Å²) in [6, 6.07) is 1.42. The average Bonchev–Trinajstić information content (AvgIpc) is 2.35. The summed E-state index contributed by atoms with van der Waals surface area (Å²) in [5.41, 5.74) is 0.375. The molecule has 0 N–H and O–H groups in total. The third kappa shape index (κ3) is 2.39. The van der Waals surface area contributed by atoms with Gasteiger partial charge >= 0.3 is 0 Å². The molecule has 0 fully saturated rings. The number of hydrogen-bond acceptors (Lipinski definition) is 1. The van der Waals surface area contributed by atoms with E-state index in [9.17, 15) is 8.78 Å². The molecule has 0 saturated carbocycles. The van der Waals surface area contributed by atoms with Crippen molar-refractivity contribution in [1.29, 1.82) is 0 Å². The lowest BCUT2D eigenvalue weighted by atomic mass is 9.87. The van der Waals surface area contributed by atoms with Crippen molar-refractivity contribution >= 4 is 0 Å². The van der Waals surface area contributed by atoms with Gasteiger partial charge in [0.25, 0.3) is 5.92 Å². The molecule has 1 nitrogen and oxygen atoms in total. The SMILES string of the molecule is CC1(C)CC(F)(F)c2ccncc21.CCC. The lowest BCUT2D eigenvalue weighted by Crippen LogP contribution is -2.15. The van der Waals surface area contributed by atoms with E-state index in [0.29, 0.717) is 5.56 Å². The van der Waals surface area contributed by atoms with Crippen molar-refractivity contribution in [2.75, 3.05) is 0 Å². The van der Waals surface area contributed by atoms with Gasteiger partial charge in [0.05, 0.1) is 0 Å². The van der Waals surface area contributed by atoms with Crippen LogP contribution < -0.4 is 0 Å². The summed E-state index contributed by atoms with van der Waals surface area (Å²) in [5, 5.41) is 0. The Morgan fingerprint density at radius 1 is 1.25 bits per heavy atom. The van der Waals surface area contributed by atoms with Crippen LogP contribution in [0.1, 0.15) is 51.7 Å². The van der Waals surface area contributed by atoms with E-state index in [1.54, 1.807) is 6.20 Å². The van der Waals surface area contributed by atoms with Crippen LogP contribution in [0.2, 0.25) is 0 Å². The highest BCUT2D eigenvalue weighted by Gasteiger charge is 2.48. The average molecular weight is 227 g/mol. The number of halogens is 2. The number of alkyl halides is 2. The van der Waals surface area contributed by atoms with Crippen LogP contribution in [0.3, 0.4) is 0 Å². The standard InChI is InChI=1S/C10H11F2N.C3H8/c1-9(2)6-10(11,12)7-3-4-13-5-8(7)9;1-3-2/h3-5H,6H2,1-2H3;3H2,1-2H3. The monoisotopic (exact) mass is 227 g/mol. The summed E-state index contributed by atoms with van der Waals surface area (Å²) in [4.78, 5) is 3.88. The number of aromatic nitrogens is 1. The van der Waals surface area contributed by atoms with E-state index in [1.165, 1.54) is 18.7 Å². The van der Waals surface area contributed by atoms with Crippen molar-refractivity contribution in [2.24, 2.45) is 0 Å². The van der Waals surface area contributed by atoms with E-state index in [2.05, 4.69) is 18.8 Å². The van der Waals surface area contributed by atoms with Crippen molar-refractivity contribution in [3.63, 3.8) is 0 Å². The minimum Gasteiger partial charge on any atom is -0.264 e. The number of fused-ring (bicyclic) bond motifs is 1. The molecule has 16 heavy (non-hydrogen) atoms. The molecule has 1 aromatic heterocycles. The first kappa shape index (κ1) is 13.1. The smallest absolute Gasteiger partial charge is 0.264 e. The van der Waals surface area contributed by atoms with Crippen LogP contribution in [0.4, 0.5) is 8.78 Å². The van der Waals surface area contributed by atoms with Gasteiger partial charge in [-0.05, 0) is 17.0 Å². The molecule has 1 aliphatic rings. The van der Waals surface area contributed by atoms with Crippen molar-refractivity contribution in [1.82, 2.24) is 4.98 Å². The van der Waals surface area contributed by atoms with Gasteiger partial charge in [0.15, 0.2) is 0 Å². The van der Waals surface area contributed by atoms with E-state index in [0.717, 1.165) is 0 Å². The second kappa shape index (κ2) is 4.48. The fraction of sp³-hybridized carbons (Fsp3) is 0.615. The van der Waals surface area contributed by atoms with Gasteiger partial charge in [-0.15, -0.1) is 0 Å². The quantitative estimate of drug-likeness (QED) is 0.645. The number of pyridine rings is 1. The van der Waals surface area contributed by atoms with Crippen LogP contribution in [-0.2, 0) is 11.3 Å². The summed E-state index contributed by atoms with van der Waals surface area (Å²) in [5.74, 6) is -2.68. The summed E-state index contributed by atoms with van der Waals surface area (Å²) < 4.78 is 26.8. The van der Waals surface area contributed by atoms with Crippen LogP contribution in [0.5, 0.6) is 0 Å². The van der Waals surface area contributed by atoms with E-state index < -0.39 is 11.3 Å². The Bertz CT molecular complexity index is 326. The Labute approximate surface area is 95.9 Å². The maximum absolute atomic E-state index is 13.4. The maximum Gasteiger partial charge on any atom is 0.274 e. The van der Waals surface area contributed by atoms with Crippen LogP contribution in [-0.4, -0.2) is 4.98 Å². The third-order valence-corrected chi connectivity index (χ3v) is 2.61. The molecule has 3 heteroatoms. The molecule has 0 radical (unpaired) electrons. The molecule has 90 valence electrons. The summed E-state index contributed by atoms with van der Waals surface area (Å²) in [6.07, 6.45) is 4.12. The van der Waals surface area contributed by atoms with Gasteiger partial charge in [-0.3, -0.25) is 4.98 Å². The largest absolute Gasteiger partial charge is 0.274 e. The zero-order valence-corrected chi connectivity index (χ0v) is 10.3. The normalized spacial score (nSPS) is 19.6. The highest BCUT2D eigenvalue weighted by Crippen LogP contribution is 2.50. The van der Waals surface area contributed by atoms with Gasteiger partial charge in [-0.1, -0.05) is 34.1 Å². The van der Waals surface area contributed by atoms with E-state index >= 15 is 0 Å². The van der Waals surface area contributed by atoms with Gasteiger partial charge < -0.3 is 0 Å². The minimum atomic E-state index is -2.68. The molecule has 0 atom stereocenters. The molecule has 1 aromatic rings. The fourth-order valence-electron chi connectivity index (χ4n) is 2.00. The van der Waals surface area contributed by atoms with Crippen molar-refractivity contribution in [3.8, 4) is 0 Å². The Kier molecular flexibility index (Phi) is 3.66. The van der Waals surface area contributed by atoms with Crippen molar-refractivity contribution in [2.45, 2.75) is 51.9 Å². The molecule has 0 amide bonds. The lowest BCUT2D eigenvalue weighted by molar-refractivity contribution is -0.0142. The molecule has 1 heterocycles. The molecule has 1 aliphatic carbocycles. The maximum atomic E-state index is 13.4. The summed E-state index contributed by atoms with van der Waals surface area (Å²) in [6.45, 7) is 7.91. The van der Waals surface area contributed by atoms with Gasteiger partial charge in [0, 0.05) is 24.4 Å². The van der Waals surface area contributed by atoms with Gasteiger partial charge in [-0.25, -0.2) is 8.78 Å². The molecular weight excluding hydrogens is 208 g/mol. The minimum absolute atomic E-state index is 0.110. The molecule has 0 unspecified atom stereocenters. The first-order valence-corrected chi connectivity index (χ1v) is 5.68. The topological polar surface area (TPSA) is 12.9 Å². The van der Waals surface area contributed by atoms with E-state index in [1.807, 2.05) is 13.8 Å². The molecule has 0 bridgehead atoms. The third-order valence-electron chi connectivity index (χ3n) is 2.61. The number of hydrogen-bond donors (Lipinski definition) is 0. The van der Waals surface area contributed by atoms with E-state index in [-0.39, 0.29) is 12.0 Å². The van der Waals surface area contributed by atoms with Gasteiger partial charge in [-0.2, -0.15) is 0 Å². The van der Waals surface area contributed by atoms with Gasteiger partial charge in [0.2, 0.25) is 0 Å². The van der Waals surface area contributed by atoms with Crippen molar-refractivity contribution < 1.29 is 8.78 Å². The summed E-state index contributed by atoms with van der Waals surface area (Å²) in [7, 11) is 0. The molecule has 0 spiro atoms. The number of rotatable bonds is 0. The Morgan fingerprint density at radius 2 is 1.81 bits per heavy atom. The molecule has 2 rings (SSSR count). The van der Waals surface area contributed by atoms with Gasteiger partial charge in [0.1, 0.15) is 0 Å². The van der Waals surface area contributed by atoms with Crippen molar-refractivity contribution in [3.05, 3.63) is 29.6 Å². The van der Waals surface area contributed by atoms with Crippen LogP contribution in [0.25, 0.3) is 0 Å². The van der Waals surface area contributed by atoms with E-state index in [4.69, 9.17) is 0 Å². The Balaban J connectivity index is 0.000000386. The second-order valence-electron chi connectivity index (χ2n) is 4.89.